The van der Waals surface area contributed by atoms with Crippen LogP contribution in [-0.4, -0.2) is 18.4 Å². The van der Waals surface area contributed by atoms with Gasteiger partial charge in [0.2, 0.25) is 0 Å². The zero-order chi connectivity index (χ0) is 17.5. The molecule has 0 aliphatic heterocycles. The molecule has 1 aromatic carbocycles. The van der Waals surface area contributed by atoms with Gasteiger partial charge in [0, 0.05) is 16.6 Å². The maximum Gasteiger partial charge on any atom is 0.291 e. The van der Waals surface area contributed by atoms with Crippen molar-refractivity contribution < 1.29 is 18.7 Å². The predicted octanol–water partition coefficient (Wildman–Crippen LogP) is 3.29. The van der Waals surface area contributed by atoms with Crippen molar-refractivity contribution >= 4 is 28.8 Å². The molecular weight excluding hydrogens is 340 g/mol. The van der Waals surface area contributed by atoms with Gasteiger partial charge < -0.3 is 19.8 Å². The molecule has 0 aliphatic rings. The van der Waals surface area contributed by atoms with Crippen LogP contribution in [0.3, 0.4) is 0 Å². The molecule has 25 heavy (non-hydrogen) atoms. The molecule has 0 atom stereocenters. The number of nitrogens with one attached hydrogen (secondary N) is 2. The first-order valence-electron chi connectivity index (χ1n) is 7.57. The molecule has 0 spiro atoms. The lowest BCUT2D eigenvalue weighted by molar-refractivity contribution is -0.123. The number of amides is 2. The van der Waals surface area contributed by atoms with Crippen LogP contribution in [0, 0.1) is 0 Å². The van der Waals surface area contributed by atoms with Gasteiger partial charge in [-0.15, -0.1) is 11.3 Å². The van der Waals surface area contributed by atoms with Gasteiger partial charge in [-0.1, -0.05) is 12.1 Å². The second kappa shape index (κ2) is 8.16. The normalized spacial score (nSPS) is 10.2. The molecule has 3 aromatic rings. The van der Waals surface area contributed by atoms with Crippen molar-refractivity contribution in [1.82, 2.24) is 5.32 Å². The number of anilines is 1. The Hall–Kier alpha value is -3.06. The van der Waals surface area contributed by atoms with Crippen molar-refractivity contribution in [3.8, 4) is 5.75 Å². The number of hydrogen-bond acceptors (Lipinski definition) is 5. The lowest BCUT2D eigenvalue weighted by Gasteiger charge is -2.09. The molecule has 2 N–H and O–H groups in total. The Morgan fingerprint density at radius 1 is 1.12 bits per heavy atom. The monoisotopic (exact) mass is 356 g/mol. The summed E-state index contributed by atoms with van der Waals surface area (Å²) in [5.74, 6) is 0.150. The summed E-state index contributed by atoms with van der Waals surface area (Å²) < 4.78 is 10.5. The first kappa shape index (κ1) is 16.8. The SMILES string of the molecule is O=C(COc1cccc(NC(=O)c2ccco2)c1)NCc1cccs1. The minimum Gasteiger partial charge on any atom is -0.484 e. The van der Waals surface area contributed by atoms with E-state index in [1.54, 1.807) is 47.7 Å². The van der Waals surface area contributed by atoms with Crippen LogP contribution in [-0.2, 0) is 11.3 Å². The van der Waals surface area contributed by atoms with Crippen molar-refractivity contribution in [3.05, 3.63) is 70.8 Å². The summed E-state index contributed by atoms with van der Waals surface area (Å²) in [5, 5.41) is 7.45. The summed E-state index contributed by atoms with van der Waals surface area (Å²) in [6.07, 6.45) is 1.43. The topological polar surface area (TPSA) is 80.6 Å². The largest absolute Gasteiger partial charge is 0.484 e. The fourth-order valence-corrected chi connectivity index (χ4v) is 2.71. The summed E-state index contributed by atoms with van der Waals surface area (Å²) in [6, 6.07) is 13.9. The smallest absolute Gasteiger partial charge is 0.291 e. The van der Waals surface area contributed by atoms with E-state index in [1.165, 1.54) is 6.26 Å². The molecule has 0 saturated heterocycles. The molecule has 128 valence electrons. The molecule has 2 aromatic heterocycles. The van der Waals surface area contributed by atoms with E-state index in [0.29, 0.717) is 18.0 Å². The van der Waals surface area contributed by atoms with Crippen LogP contribution < -0.4 is 15.4 Å². The van der Waals surface area contributed by atoms with E-state index < -0.39 is 0 Å². The third-order valence-electron chi connectivity index (χ3n) is 3.25. The van der Waals surface area contributed by atoms with E-state index in [-0.39, 0.29) is 24.2 Å². The van der Waals surface area contributed by atoms with Gasteiger partial charge in [0.1, 0.15) is 5.75 Å². The molecule has 7 heteroatoms. The highest BCUT2D eigenvalue weighted by Crippen LogP contribution is 2.18. The molecule has 0 radical (unpaired) electrons. The Balaban J connectivity index is 1.49. The Morgan fingerprint density at radius 2 is 2.04 bits per heavy atom. The maximum absolute atomic E-state index is 11.9. The third-order valence-corrected chi connectivity index (χ3v) is 4.12. The Labute approximate surface area is 148 Å². The average molecular weight is 356 g/mol. The van der Waals surface area contributed by atoms with Crippen LogP contribution >= 0.6 is 11.3 Å². The molecule has 2 heterocycles. The molecular formula is C18H16N2O4S. The number of carbonyl (C=O) groups excluding carboxylic acids is 2. The van der Waals surface area contributed by atoms with Crippen molar-refractivity contribution in [1.29, 1.82) is 0 Å². The van der Waals surface area contributed by atoms with E-state index in [1.807, 2.05) is 17.5 Å². The lowest BCUT2D eigenvalue weighted by atomic mass is 10.3. The van der Waals surface area contributed by atoms with Crippen LogP contribution in [0.5, 0.6) is 5.75 Å². The highest BCUT2D eigenvalue weighted by Gasteiger charge is 2.09. The minimum absolute atomic E-state index is 0.0963. The third kappa shape index (κ3) is 4.95. The van der Waals surface area contributed by atoms with Gasteiger partial charge in [-0.05, 0) is 35.7 Å². The molecule has 0 unspecified atom stereocenters. The highest BCUT2D eigenvalue weighted by atomic mass is 32.1. The van der Waals surface area contributed by atoms with Crippen molar-refractivity contribution in [3.63, 3.8) is 0 Å². The second-order valence-electron chi connectivity index (χ2n) is 5.10. The molecule has 0 fully saturated rings. The average Bonchev–Trinajstić information content (AvgIpc) is 3.32. The van der Waals surface area contributed by atoms with Gasteiger partial charge >= 0.3 is 0 Å². The van der Waals surface area contributed by atoms with Crippen LogP contribution in [0.2, 0.25) is 0 Å². The quantitative estimate of drug-likeness (QED) is 0.681. The maximum atomic E-state index is 11.9. The van der Waals surface area contributed by atoms with Crippen molar-refractivity contribution in [2.24, 2.45) is 0 Å². The first-order chi connectivity index (χ1) is 12.2. The number of thiophene rings is 1. The summed E-state index contributed by atoms with van der Waals surface area (Å²) in [6.45, 7) is 0.389. The van der Waals surface area contributed by atoms with E-state index in [9.17, 15) is 9.59 Å². The van der Waals surface area contributed by atoms with E-state index in [4.69, 9.17) is 9.15 Å². The number of benzene rings is 1. The van der Waals surface area contributed by atoms with Gasteiger partial charge in [-0.25, -0.2) is 0 Å². The van der Waals surface area contributed by atoms with E-state index in [0.717, 1.165) is 4.88 Å². The molecule has 0 saturated carbocycles. The highest BCUT2D eigenvalue weighted by molar-refractivity contribution is 7.09. The van der Waals surface area contributed by atoms with E-state index in [2.05, 4.69) is 10.6 Å². The van der Waals surface area contributed by atoms with Crippen molar-refractivity contribution in [2.45, 2.75) is 6.54 Å². The lowest BCUT2D eigenvalue weighted by Crippen LogP contribution is -2.28. The summed E-state index contributed by atoms with van der Waals surface area (Å²) >= 11 is 1.58. The number of ether oxygens (including phenoxy) is 1. The van der Waals surface area contributed by atoms with Gasteiger partial charge in [-0.3, -0.25) is 9.59 Å². The number of furan rings is 1. The Kier molecular flexibility index (Phi) is 5.48. The zero-order valence-electron chi connectivity index (χ0n) is 13.2. The predicted molar refractivity (Wildman–Crippen MR) is 94.8 cm³/mol. The molecule has 0 bridgehead atoms. The first-order valence-corrected chi connectivity index (χ1v) is 8.45. The summed E-state index contributed by atoms with van der Waals surface area (Å²) in [5.41, 5.74) is 0.554. The number of carbonyl (C=O) groups is 2. The zero-order valence-corrected chi connectivity index (χ0v) is 14.0. The van der Waals surface area contributed by atoms with Crippen LogP contribution in [0.25, 0.3) is 0 Å². The molecule has 2 amide bonds. The van der Waals surface area contributed by atoms with E-state index >= 15 is 0 Å². The standard InChI is InChI=1S/C18H16N2O4S/c21-17(19-11-15-6-3-9-25-15)12-24-14-5-1-4-13(10-14)20-18(22)16-7-2-8-23-16/h1-10H,11-12H2,(H,19,21)(H,20,22). The minimum atomic E-state index is -0.351. The fraction of sp³-hybridized carbons (Fsp3) is 0.111. The van der Waals surface area contributed by atoms with Gasteiger partial charge in [0.25, 0.3) is 11.8 Å². The van der Waals surface area contributed by atoms with Gasteiger partial charge in [-0.2, -0.15) is 0 Å². The molecule has 0 aliphatic carbocycles. The molecule has 3 rings (SSSR count). The molecule has 6 nitrogen and oxygen atoms in total. The van der Waals surface area contributed by atoms with Gasteiger partial charge in [0.05, 0.1) is 12.8 Å². The Morgan fingerprint density at radius 3 is 2.80 bits per heavy atom. The number of hydrogen-bond donors (Lipinski definition) is 2. The van der Waals surface area contributed by atoms with Crippen molar-refractivity contribution in [2.75, 3.05) is 11.9 Å². The van der Waals surface area contributed by atoms with Crippen LogP contribution in [0.1, 0.15) is 15.4 Å². The second-order valence-corrected chi connectivity index (χ2v) is 6.14. The number of rotatable bonds is 7. The summed E-state index contributed by atoms with van der Waals surface area (Å²) in [7, 11) is 0. The fourth-order valence-electron chi connectivity index (χ4n) is 2.06. The van der Waals surface area contributed by atoms with Crippen LogP contribution in [0.4, 0.5) is 5.69 Å². The Bertz CT molecular complexity index is 829. The van der Waals surface area contributed by atoms with Gasteiger partial charge in [0.15, 0.2) is 12.4 Å². The van der Waals surface area contributed by atoms with Crippen LogP contribution in [0.15, 0.2) is 64.6 Å². The summed E-state index contributed by atoms with van der Waals surface area (Å²) in [4.78, 5) is 24.8.